The van der Waals surface area contributed by atoms with E-state index in [4.69, 9.17) is 5.84 Å². The lowest BCUT2D eigenvalue weighted by Crippen LogP contribution is -2.92. The van der Waals surface area contributed by atoms with Gasteiger partial charge in [0.2, 0.25) is 0 Å². The van der Waals surface area contributed by atoms with Gasteiger partial charge in [0.25, 0.3) is 0 Å². The molecule has 1 aliphatic carbocycles. The quantitative estimate of drug-likeness (QED) is 0.650. The third kappa shape index (κ3) is 2.55. The van der Waals surface area contributed by atoms with Gasteiger partial charge in [-0.25, -0.2) is 0 Å². The van der Waals surface area contributed by atoms with Crippen LogP contribution in [0.3, 0.4) is 0 Å². The molecule has 0 spiro atoms. The predicted octanol–water partition coefficient (Wildman–Crippen LogP) is 2.78. The molecule has 0 aromatic heterocycles. The lowest BCUT2D eigenvalue weighted by atomic mass is 9.67. The molecular formula is C20H24N3+. The molecule has 118 valence electrons. The molecule has 2 aromatic rings. The molecule has 2 aliphatic rings. The van der Waals surface area contributed by atoms with Gasteiger partial charge in [-0.2, -0.15) is 5.10 Å². The minimum absolute atomic E-state index is 0.417. The summed E-state index contributed by atoms with van der Waals surface area (Å²) in [5.74, 6) is 6.79. The van der Waals surface area contributed by atoms with Crippen LogP contribution in [0.2, 0.25) is 0 Å². The van der Waals surface area contributed by atoms with Crippen LogP contribution in [-0.4, -0.2) is 5.71 Å². The van der Waals surface area contributed by atoms with Crippen molar-refractivity contribution < 1.29 is 5.32 Å². The van der Waals surface area contributed by atoms with Gasteiger partial charge in [0.15, 0.2) is 0 Å². The van der Waals surface area contributed by atoms with Crippen molar-refractivity contribution in [3.05, 3.63) is 71.8 Å². The molecule has 3 nitrogen and oxygen atoms in total. The molecule has 1 heterocycles. The first-order valence-corrected chi connectivity index (χ1v) is 8.61. The molecule has 0 radical (unpaired) electrons. The van der Waals surface area contributed by atoms with Crippen molar-refractivity contribution in [2.24, 2.45) is 22.8 Å². The molecule has 1 saturated heterocycles. The third-order valence-corrected chi connectivity index (χ3v) is 5.59. The normalized spacial score (nSPS) is 31.9. The molecule has 0 unspecified atom stereocenters. The van der Waals surface area contributed by atoms with E-state index in [1.54, 1.807) is 0 Å². The number of fused-ring (bicyclic) bond motifs is 2. The first-order chi connectivity index (χ1) is 11.4. The van der Waals surface area contributed by atoms with Crippen LogP contribution in [0.15, 0.2) is 65.8 Å². The molecule has 0 amide bonds. The number of rotatable bonds is 2. The van der Waals surface area contributed by atoms with E-state index in [1.807, 2.05) is 0 Å². The smallest absolute Gasteiger partial charge is 0.120 e. The predicted molar refractivity (Wildman–Crippen MR) is 92.7 cm³/mol. The summed E-state index contributed by atoms with van der Waals surface area (Å²) in [6, 6.07) is 22.5. The first-order valence-electron chi connectivity index (χ1n) is 8.61. The number of hydrazone groups is 1. The number of piperidine rings is 1. The molecule has 23 heavy (non-hydrogen) atoms. The Bertz CT molecular complexity index is 625. The minimum atomic E-state index is 0.417. The topological polar surface area (TPSA) is 55.0 Å². The van der Waals surface area contributed by atoms with Crippen LogP contribution in [0.5, 0.6) is 0 Å². The highest BCUT2D eigenvalue weighted by Gasteiger charge is 2.48. The molecule has 1 saturated carbocycles. The van der Waals surface area contributed by atoms with E-state index in [2.05, 4.69) is 71.1 Å². The van der Waals surface area contributed by atoms with Gasteiger partial charge in [0.1, 0.15) is 12.1 Å². The highest BCUT2D eigenvalue weighted by atomic mass is 15.1. The fourth-order valence-electron chi connectivity index (χ4n) is 4.58. The van der Waals surface area contributed by atoms with Crippen molar-refractivity contribution in [1.82, 2.24) is 0 Å². The molecule has 4 N–H and O–H groups in total. The average Bonchev–Trinajstić information content (AvgIpc) is 2.63. The number of benzene rings is 2. The molecule has 2 aromatic carbocycles. The maximum Gasteiger partial charge on any atom is 0.120 e. The summed E-state index contributed by atoms with van der Waals surface area (Å²) in [5, 5.41) is 6.84. The van der Waals surface area contributed by atoms with Crippen molar-refractivity contribution in [3.63, 3.8) is 0 Å². The lowest BCUT2D eigenvalue weighted by Gasteiger charge is -2.44. The van der Waals surface area contributed by atoms with Gasteiger partial charge in [-0.3, -0.25) is 0 Å². The Morgan fingerprint density at radius 1 is 0.783 bits per heavy atom. The van der Waals surface area contributed by atoms with Gasteiger partial charge in [-0.15, -0.1) is 0 Å². The summed E-state index contributed by atoms with van der Waals surface area (Å²) in [4.78, 5) is 0. The first kappa shape index (κ1) is 14.5. The zero-order valence-corrected chi connectivity index (χ0v) is 13.3. The summed E-state index contributed by atoms with van der Waals surface area (Å²) in [5.41, 5.74) is 4.02. The van der Waals surface area contributed by atoms with Crippen LogP contribution in [0.4, 0.5) is 0 Å². The highest BCUT2D eigenvalue weighted by molar-refractivity contribution is 5.91. The largest absolute Gasteiger partial charge is 0.333 e. The summed E-state index contributed by atoms with van der Waals surface area (Å²) < 4.78 is 0. The van der Waals surface area contributed by atoms with Crippen molar-refractivity contribution >= 4 is 5.71 Å². The summed E-state index contributed by atoms with van der Waals surface area (Å²) in [7, 11) is 0. The van der Waals surface area contributed by atoms with Crippen LogP contribution >= 0.6 is 0 Å². The Morgan fingerprint density at radius 3 is 1.70 bits per heavy atom. The Balaban J connectivity index is 1.76. The molecule has 4 atom stereocenters. The Hall–Kier alpha value is -2.13. The molecule has 4 rings (SSSR count). The van der Waals surface area contributed by atoms with Gasteiger partial charge in [-0.05, 0) is 12.8 Å². The zero-order chi connectivity index (χ0) is 15.6. The number of nitrogens with zero attached hydrogens (tertiary/aromatic N) is 1. The van der Waals surface area contributed by atoms with Crippen LogP contribution in [0.25, 0.3) is 0 Å². The van der Waals surface area contributed by atoms with Crippen molar-refractivity contribution in [2.45, 2.75) is 31.3 Å². The van der Waals surface area contributed by atoms with Crippen LogP contribution in [-0.2, 0) is 0 Å². The van der Waals surface area contributed by atoms with Crippen molar-refractivity contribution in [1.29, 1.82) is 0 Å². The van der Waals surface area contributed by atoms with E-state index < -0.39 is 0 Å². The van der Waals surface area contributed by atoms with Gasteiger partial charge < -0.3 is 11.2 Å². The monoisotopic (exact) mass is 306 g/mol. The lowest BCUT2D eigenvalue weighted by molar-refractivity contribution is -0.749. The van der Waals surface area contributed by atoms with Crippen LogP contribution in [0, 0.1) is 11.8 Å². The molecule has 2 fully saturated rings. The standard InChI is InChI=1S/C20H23N3/c21-23-20-16-12-7-13-17(20)19(15-10-5-2-6-11-15)22-18(16)14-8-3-1-4-9-14/h1-6,8-11,16-19,22H,7,12-13,21H2/p+1/t16-,17+,18+,19-. The Morgan fingerprint density at radius 2 is 1.26 bits per heavy atom. The highest BCUT2D eigenvalue weighted by Crippen LogP contribution is 2.42. The van der Waals surface area contributed by atoms with E-state index in [-0.39, 0.29) is 0 Å². The number of hydrogen-bond acceptors (Lipinski definition) is 2. The van der Waals surface area contributed by atoms with Crippen molar-refractivity contribution in [3.8, 4) is 0 Å². The Kier molecular flexibility index (Phi) is 3.88. The number of hydrogen-bond donors (Lipinski definition) is 2. The zero-order valence-electron chi connectivity index (χ0n) is 13.3. The third-order valence-electron chi connectivity index (χ3n) is 5.59. The molecular weight excluding hydrogens is 282 g/mol. The van der Waals surface area contributed by atoms with Gasteiger partial charge in [-0.1, -0.05) is 67.1 Å². The van der Waals surface area contributed by atoms with Gasteiger partial charge in [0, 0.05) is 11.1 Å². The number of quaternary nitrogens is 1. The molecule has 1 aliphatic heterocycles. The average molecular weight is 306 g/mol. The van der Waals surface area contributed by atoms with Crippen molar-refractivity contribution in [2.75, 3.05) is 0 Å². The molecule has 2 bridgehead atoms. The molecule has 3 heteroatoms. The summed E-state index contributed by atoms with van der Waals surface area (Å²) in [6.45, 7) is 0. The second-order valence-electron chi connectivity index (χ2n) is 6.76. The maximum atomic E-state index is 5.85. The fourth-order valence-corrected chi connectivity index (χ4v) is 4.58. The number of nitrogens with two attached hydrogens (primary N) is 2. The van der Waals surface area contributed by atoms with E-state index in [9.17, 15) is 0 Å². The van der Waals surface area contributed by atoms with Crippen LogP contribution in [0.1, 0.15) is 42.5 Å². The SMILES string of the molecule is NN=C1[C@H]2CCC[C@@H]1[C@H](c1ccccc1)[NH2+][C@@H]2c1ccccc1. The second-order valence-corrected chi connectivity index (χ2v) is 6.76. The summed E-state index contributed by atoms with van der Waals surface area (Å²) >= 11 is 0. The maximum absolute atomic E-state index is 5.85. The van der Waals surface area contributed by atoms with Crippen LogP contribution < -0.4 is 11.2 Å². The summed E-state index contributed by atoms with van der Waals surface area (Å²) in [6.07, 6.45) is 3.67. The Labute approximate surface area is 137 Å². The van der Waals surface area contributed by atoms with Gasteiger partial charge in [0.05, 0.1) is 17.5 Å². The second kappa shape index (κ2) is 6.17. The van der Waals surface area contributed by atoms with E-state index in [1.165, 1.54) is 36.1 Å². The van der Waals surface area contributed by atoms with E-state index in [0.29, 0.717) is 23.9 Å². The van der Waals surface area contributed by atoms with E-state index in [0.717, 1.165) is 0 Å². The van der Waals surface area contributed by atoms with Gasteiger partial charge >= 0.3 is 0 Å². The minimum Gasteiger partial charge on any atom is -0.333 e. The fraction of sp³-hybridized carbons (Fsp3) is 0.350. The van der Waals surface area contributed by atoms with E-state index >= 15 is 0 Å².